The molecule has 0 aliphatic heterocycles. The predicted octanol–water partition coefficient (Wildman–Crippen LogP) is 3.10. The van der Waals surface area contributed by atoms with Gasteiger partial charge in [0.05, 0.1) is 5.84 Å². The average molecular weight is 196 g/mol. The van der Waals surface area contributed by atoms with Gasteiger partial charge in [-0.2, -0.15) is 0 Å². The molecule has 0 fully saturated rings. The smallest absolute Gasteiger partial charge is 0.0962 e. The summed E-state index contributed by atoms with van der Waals surface area (Å²) in [6.07, 6.45) is 2.24. The van der Waals surface area contributed by atoms with E-state index in [1.54, 1.807) is 0 Å². The Morgan fingerprint density at radius 2 is 1.86 bits per heavy atom. The quantitative estimate of drug-likeness (QED) is 0.383. The lowest BCUT2D eigenvalue weighted by molar-refractivity contribution is 0.379. The maximum atomic E-state index is 4.44. The van der Waals surface area contributed by atoms with Gasteiger partial charge in [-0.15, -0.1) is 0 Å². The highest BCUT2D eigenvalue weighted by Crippen LogP contribution is 2.02. The van der Waals surface area contributed by atoms with Crippen LogP contribution in [0.1, 0.15) is 41.5 Å². The third kappa shape index (κ3) is 5.05. The standard InChI is InChI=1S/C12H24N2/c1-7-13-12(6)14(11(4)5)9-8-10(2)3/h8,11H,7,9H2,1-6H3. The van der Waals surface area contributed by atoms with Gasteiger partial charge in [0, 0.05) is 19.1 Å². The van der Waals surface area contributed by atoms with Crippen LogP contribution in [0.2, 0.25) is 0 Å². The van der Waals surface area contributed by atoms with Gasteiger partial charge in [-0.3, -0.25) is 4.99 Å². The van der Waals surface area contributed by atoms with Crippen molar-refractivity contribution < 1.29 is 0 Å². The highest BCUT2D eigenvalue weighted by Gasteiger charge is 2.08. The first-order valence-electron chi connectivity index (χ1n) is 5.40. The van der Waals surface area contributed by atoms with E-state index in [9.17, 15) is 0 Å². The van der Waals surface area contributed by atoms with Crippen molar-refractivity contribution in [3.05, 3.63) is 11.6 Å². The van der Waals surface area contributed by atoms with Crippen LogP contribution < -0.4 is 0 Å². The van der Waals surface area contributed by atoms with Crippen LogP contribution in [0.4, 0.5) is 0 Å². The van der Waals surface area contributed by atoms with Crippen LogP contribution in [-0.4, -0.2) is 29.9 Å². The summed E-state index contributed by atoms with van der Waals surface area (Å²) < 4.78 is 0. The summed E-state index contributed by atoms with van der Waals surface area (Å²) in [5.41, 5.74) is 1.36. The molecule has 0 atom stereocenters. The molecule has 0 saturated carbocycles. The van der Waals surface area contributed by atoms with Gasteiger partial charge in [-0.05, 0) is 41.5 Å². The van der Waals surface area contributed by atoms with E-state index in [4.69, 9.17) is 0 Å². The van der Waals surface area contributed by atoms with Gasteiger partial charge < -0.3 is 4.90 Å². The number of allylic oxidation sites excluding steroid dienone is 1. The van der Waals surface area contributed by atoms with Gasteiger partial charge in [0.15, 0.2) is 0 Å². The normalized spacial score (nSPS) is 11.8. The van der Waals surface area contributed by atoms with E-state index in [0.29, 0.717) is 6.04 Å². The second-order valence-electron chi connectivity index (χ2n) is 4.05. The van der Waals surface area contributed by atoms with Crippen molar-refractivity contribution in [3.63, 3.8) is 0 Å². The zero-order valence-corrected chi connectivity index (χ0v) is 10.5. The summed E-state index contributed by atoms with van der Waals surface area (Å²) in [6.45, 7) is 14.7. The lowest BCUT2D eigenvalue weighted by Gasteiger charge is -2.27. The molecule has 0 saturated heterocycles. The third-order valence-corrected chi connectivity index (χ3v) is 2.12. The van der Waals surface area contributed by atoms with Gasteiger partial charge in [0.25, 0.3) is 0 Å². The van der Waals surface area contributed by atoms with Gasteiger partial charge in [-0.1, -0.05) is 11.6 Å². The number of nitrogens with zero attached hydrogens (tertiary/aromatic N) is 2. The first kappa shape index (κ1) is 13.2. The molecule has 0 aromatic rings. The molecule has 0 spiro atoms. The summed E-state index contributed by atoms with van der Waals surface area (Å²) in [6, 6.07) is 0.515. The van der Waals surface area contributed by atoms with Gasteiger partial charge >= 0.3 is 0 Å². The number of rotatable bonds is 4. The molecule has 0 bridgehead atoms. The molecule has 2 nitrogen and oxygen atoms in total. The first-order valence-corrected chi connectivity index (χ1v) is 5.40. The number of amidine groups is 1. The zero-order chi connectivity index (χ0) is 11.1. The van der Waals surface area contributed by atoms with Crippen molar-refractivity contribution in [1.82, 2.24) is 4.90 Å². The highest BCUT2D eigenvalue weighted by atomic mass is 15.2. The lowest BCUT2D eigenvalue weighted by Crippen LogP contribution is -2.35. The topological polar surface area (TPSA) is 15.6 Å². The van der Waals surface area contributed by atoms with Crippen molar-refractivity contribution in [2.24, 2.45) is 4.99 Å². The molecule has 0 N–H and O–H groups in total. The fraction of sp³-hybridized carbons (Fsp3) is 0.750. The van der Waals surface area contributed by atoms with Gasteiger partial charge in [0.2, 0.25) is 0 Å². The van der Waals surface area contributed by atoms with E-state index >= 15 is 0 Å². The Morgan fingerprint density at radius 3 is 2.21 bits per heavy atom. The number of hydrogen-bond donors (Lipinski definition) is 0. The Morgan fingerprint density at radius 1 is 1.29 bits per heavy atom. The molecule has 82 valence electrons. The predicted molar refractivity (Wildman–Crippen MR) is 64.9 cm³/mol. The van der Waals surface area contributed by atoms with Crippen molar-refractivity contribution >= 4 is 5.84 Å². The SMILES string of the molecule is CCN=C(C)N(CC=C(C)C)C(C)C. The third-order valence-electron chi connectivity index (χ3n) is 2.12. The molecular weight excluding hydrogens is 172 g/mol. The Balaban J connectivity index is 4.45. The largest absolute Gasteiger partial charge is 0.354 e. The van der Waals surface area contributed by atoms with E-state index in [1.165, 1.54) is 5.57 Å². The maximum Gasteiger partial charge on any atom is 0.0962 e. The summed E-state index contributed by atoms with van der Waals surface area (Å²) >= 11 is 0. The van der Waals surface area contributed by atoms with Gasteiger partial charge in [-0.25, -0.2) is 0 Å². The van der Waals surface area contributed by atoms with E-state index in [-0.39, 0.29) is 0 Å². The Bertz CT molecular complexity index is 210. The molecule has 0 aromatic carbocycles. The molecule has 0 unspecified atom stereocenters. The van der Waals surface area contributed by atoms with E-state index in [2.05, 4.69) is 57.5 Å². The minimum atomic E-state index is 0.515. The van der Waals surface area contributed by atoms with E-state index < -0.39 is 0 Å². The highest BCUT2D eigenvalue weighted by molar-refractivity contribution is 5.80. The Kier molecular flexibility index (Phi) is 6.26. The Hall–Kier alpha value is -0.790. The minimum absolute atomic E-state index is 0.515. The second kappa shape index (κ2) is 6.63. The average Bonchev–Trinajstić information content (AvgIpc) is 2.03. The molecule has 0 heterocycles. The van der Waals surface area contributed by atoms with Crippen molar-refractivity contribution in [3.8, 4) is 0 Å². The monoisotopic (exact) mass is 196 g/mol. The molecule has 0 radical (unpaired) electrons. The fourth-order valence-corrected chi connectivity index (χ4v) is 1.32. The van der Waals surface area contributed by atoms with E-state index in [0.717, 1.165) is 18.9 Å². The van der Waals surface area contributed by atoms with E-state index in [1.807, 2.05) is 0 Å². The van der Waals surface area contributed by atoms with Crippen molar-refractivity contribution in [1.29, 1.82) is 0 Å². The number of hydrogen-bond acceptors (Lipinski definition) is 1. The van der Waals surface area contributed by atoms with Crippen LogP contribution in [0, 0.1) is 0 Å². The number of aliphatic imine (C=N–C) groups is 1. The van der Waals surface area contributed by atoms with Crippen LogP contribution >= 0.6 is 0 Å². The zero-order valence-electron chi connectivity index (χ0n) is 10.5. The van der Waals surface area contributed by atoms with Crippen LogP contribution in [0.5, 0.6) is 0 Å². The molecule has 0 amide bonds. The van der Waals surface area contributed by atoms with Crippen molar-refractivity contribution in [2.75, 3.05) is 13.1 Å². The molecular formula is C12H24N2. The first-order chi connectivity index (χ1) is 6.49. The Labute approximate surface area is 88.7 Å². The lowest BCUT2D eigenvalue weighted by atomic mass is 10.2. The fourth-order valence-electron chi connectivity index (χ4n) is 1.32. The molecule has 0 rings (SSSR count). The maximum absolute atomic E-state index is 4.44. The summed E-state index contributed by atoms with van der Waals surface area (Å²) in [4.78, 5) is 6.75. The molecule has 2 heteroatoms. The van der Waals surface area contributed by atoms with Crippen LogP contribution in [0.15, 0.2) is 16.6 Å². The van der Waals surface area contributed by atoms with Crippen molar-refractivity contribution in [2.45, 2.75) is 47.6 Å². The molecule has 0 aliphatic carbocycles. The second-order valence-corrected chi connectivity index (χ2v) is 4.05. The molecule has 0 aliphatic rings. The summed E-state index contributed by atoms with van der Waals surface area (Å²) in [7, 11) is 0. The van der Waals surface area contributed by atoms with Crippen LogP contribution in [-0.2, 0) is 0 Å². The molecule has 0 aromatic heterocycles. The summed E-state index contributed by atoms with van der Waals surface area (Å²) in [5.74, 6) is 1.14. The summed E-state index contributed by atoms with van der Waals surface area (Å²) in [5, 5.41) is 0. The van der Waals surface area contributed by atoms with Crippen LogP contribution in [0.3, 0.4) is 0 Å². The van der Waals surface area contributed by atoms with Crippen LogP contribution in [0.25, 0.3) is 0 Å². The molecule has 14 heavy (non-hydrogen) atoms. The minimum Gasteiger partial charge on any atom is -0.354 e. The van der Waals surface area contributed by atoms with Gasteiger partial charge in [0.1, 0.15) is 0 Å².